The van der Waals surface area contributed by atoms with Crippen LogP contribution in [0.3, 0.4) is 0 Å². The average molecular weight is 369 g/mol. The number of alkyl carbamates (subject to hydrolysis) is 1. The smallest absolute Gasteiger partial charge is 0.407 e. The van der Waals surface area contributed by atoms with Gasteiger partial charge in [-0.1, -0.05) is 48.5 Å². The molecule has 0 radical (unpaired) electrons. The van der Waals surface area contributed by atoms with Gasteiger partial charge in [-0.2, -0.15) is 0 Å². The van der Waals surface area contributed by atoms with Gasteiger partial charge in [0.15, 0.2) is 0 Å². The van der Waals surface area contributed by atoms with Crippen LogP contribution in [0.5, 0.6) is 0 Å². The van der Waals surface area contributed by atoms with Gasteiger partial charge in [0.2, 0.25) is 0 Å². The van der Waals surface area contributed by atoms with Gasteiger partial charge in [-0.15, -0.1) is 0 Å². The summed E-state index contributed by atoms with van der Waals surface area (Å²) in [6.07, 6.45) is -1.81. The summed E-state index contributed by atoms with van der Waals surface area (Å²) in [5, 5.41) is 20.0. The highest BCUT2D eigenvalue weighted by Crippen LogP contribution is 2.44. The monoisotopic (exact) mass is 369 g/mol. The Morgan fingerprint density at radius 3 is 1.85 bits per heavy atom. The number of benzene rings is 2. The molecule has 0 saturated heterocycles. The molecule has 3 N–H and O–H groups in total. The minimum Gasteiger partial charge on any atom is -0.481 e. The van der Waals surface area contributed by atoms with Crippen molar-refractivity contribution in [3.8, 4) is 11.1 Å². The van der Waals surface area contributed by atoms with E-state index in [4.69, 9.17) is 14.9 Å². The number of hydrogen-bond acceptors (Lipinski definition) is 4. The van der Waals surface area contributed by atoms with E-state index in [1.54, 1.807) is 0 Å². The van der Waals surface area contributed by atoms with E-state index in [1.165, 1.54) is 0 Å². The zero-order valence-corrected chi connectivity index (χ0v) is 14.4. The quantitative estimate of drug-likeness (QED) is 0.692. The molecule has 7 heteroatoms. The Labute approximate surface area is 155 Å². The van der Waals surface area contributed by atoms with Gasteiger partial charge in [-0.05, 0) is 22.3 Å². The van der Waals surface area contributed by atoms with E-state index in [0.717, 1.165) is 22.3 Å². The van der Waals surface area contributed by atoms with Gasteiger partial charge in [0, 0.05) is 5.92 Å². The van der Waals surface area contributed by atoms with E-state index in [-0.39, 0.29) is 12.5 Å². The molecule has 0 fully saturated rings. The normalized spacial score (nSPS) is 12.3. The summed E-state index contributed by atoms with van der Waals surface area (Å²) in [6, 6.07) is 14.7. The predicted octanol–water partition coefficient (Wildman–Crippen LogP) is 2.84. The molecule has 0 atom stereocenters. The lowest BCUT2D eigenvalue weighted by molar-refractivity contribution is -0.139. The standard InChI is InChI=1S/C20H19NO6/c22-18(23)9-12(10-19(24)25)21-20(26)27-11-17-15-7-3-1-5-13(15)14-6-2-4-8-16(14)17/h1-8,12,17H,9-11H2,(H,21,26)(H,22,23)(H,24,25). The Balaban J connectivity index is 1.68. The van der Waals surface area contributed by atoms with Crippen LogP contribution in [0.2, 0.25) is 0 Å². The third kappa shape index (κ3) is 4.25. The molecule has 1 aliphatic rings. The molecule has 27 heavy (non-hydrogen) atoms. The second-order valence-corrected chi connectivity index (χ2v) is 6.36. The van der Waals surface area contributed by atoms with Gasteiger partial charge in [0.1, 0.15) is 6.61 Å². The molecule has 140 valence electrons. The molecule has 7 nitrogen and oxygen atoms in total. The molecule has 3 rings (SSSR count). The first kappa shape index (κ1) is 18.4. The SMILES string of the molecule is O=C(O)CC(CC(=O)O)NC(=O)OCC1c2ccccc2-c2ccccc21. The van der Waals surface area contributed by atoms with E-state index in [2.05, 4.69) is 5.32 Å². The van der Waals surface area contributed by atoms with E-state index >= 15 is 0 Å². The highest BCUT2D eigenvalue weighted by Gasteiger charge is 2.29. The molecule has 0 heterocycles. The van der Waals surface area contributed by atoms with Crippen LogP contribution in [0.25, 0.3) is 11.1 Å². The molecule has 0 saturated carbocycles. The zero-order valence-electron chi connectivity index (χ0n) is 14.4. The molecule has 0 aromatic heterocycles. The Hall–Kier alpha value is -3.35. The van der Waals surface area contributed by atoms with Crippen molar-refractivity contribution in [3.63, 3.8) is 0 Å². The highest BCUT2D eigenvalue weighted by atomic mass is 16.5. The van der Waals surface area contributed by atoms with Crippen LogP contribution in [0.15, 0.2) is 48.5 Å². The molecule has 1 aliphatic carbocycles. The van der Waals surface area contributed by atoms with Crippen LogP contribution in [0.4, 0.5) is 4.79 Å². The Kier molecular flexibility index (Phi) is 5.40. The Bertz CT molecular complexity index is 817. The highest BCUT2D eigenvalue weighted by molar-refractivity contribution is 5.79. The first-order valence-electron chi connectivity index (χ1n) is 8.50. The molecule has 1 amide bonds. The molecular weight excluding hydrogens is 350 g/mol. The number of amides is 1. The van der Waals surface area contributed by atoms with E-state index in [1.807, 2.05) is 48.5 Å². The number of carboxylic acids is 2. The summed E-state index contributed by atoms with van der Waals surface area (Å²) in [6.45, 7) is 0.0761. The zero-order chi connectivity index (χ0) is 19.4. The summed E-state index contributed by atoms with van der Waals surface area (Å²) >= 11 is 0. The van der Waals surface area contributed by atoms with Crippen molar-refractivity contribution in [2.24, 2.45) is 0 Å². The van der Waals surface area contributed by atoms with Gasteiger partial charge >= 0.3 is 18.0 Å². The fraction of sp³-hybridized carbons (Fsp3) is 0.250. The second-order valence-electron chi connectivity index (χ2n) is 6.36. The third-order valence-corrected chi connectivity index (χ3v) is 4.51. The fourth-order valence-electron chi connectivity index (χ4n) is 3.40. The molecule has 0 unspecified atom stereocenters. The summed E-state index contributed by atoms with van der Waals surface area (Å²) in [7, 11) is 0. The van der Waals surface area contributed by atoms with E-state index in [0.29, 0.717) is 0 Å². The number of nitrogens with one attached hydrogen (secondary N) is 1. The minimum absolute atomic E-state index is 0.0761. The van der Waals surface area contributed by atoms with Crippen LogP contribution in [0, 0.1) is 0 Å². The van der Waals surface area contributed by atoms with Crippen molar-refractivity contribution in [2.75, 3.05) is 6.61 Å². The molecule has 2 aromatic rings. The maximum absolute atomic E-state index is 12.1. The summed E-state index contributed by atoms with van der Waals surface area (Å²) in [5.74, 6) is -2.51. The van der Waals surface area contributed by atoms with Crippen LogP contribution in [0.1, 0.15) is 29.9 Å². The Morgan fingerprint density at radius 2 is 1.37 bits per heavy atom. The largest absolute Gasteiger partial charge is 0.481 e. The molecule has 0 spiro atoms. The van der Waals surface area contributed by atoms with Crippen molar-refractivity contribution in [2.45, 2.75) is 24.8 Å². The lowest BCUT2D eigenvalue weighted by atomic mass is 9.98. The molecular formula is C20H19NO6. The van der Waals surface area contributed by atoms with E-state index in [9.17, 15) is 14.4 Å². The molecule has 2 aromatic carbocycles. The second kappa shape index (κ2) is 7.90. The van der Waals surface area contributed by atoms with Gasteiger partial charge < -0.3 is 20.3 Å². The summed E-state index contributed by atoms with van der Waals surface area (Å²) in [4.78, 5) is 33.7. The van der Waals surface area contributed by atoms with Gasteiger partial charge in [0.25, 0.3) is 0 Å². The Morgan fingerprint density at radius 1 is 0.889 bits per heavy atom. The molecule has 0 bridgehead atoms. The number of hydrogen-bond donors (Lipinski definition) is 3. The summed E-state index contributed by atoms with van der Waals surface area (Å²) in [5.41, 5.74) is 4.30. The maximum Gasteiger partial charge on any atom is 0.407 e. The van der Waals surface area contributed by atoms with Gasteiger partial charge in [-0.25, -0.2) is 4.79 Å². The van der Waals surface area contributed by atoms with Gasteiger partial charge in [0.05, 0.1) is 18.9 Å². The summed E-state index contributed by atoms with van der Waals surface area (Å²) < 4.78 is 5.30. The van der Waals surface area contributed by atoms with Crippen LogP contribution in [-0.2, 0) is 14.3 Å². The van der Waals surface area contributed by atoms with Crippen molar-refractivity contribution in [1.29, 1.82) is 0 Å². The number of carbonyl (C=O) groups is 3. The first-order valence-corrected chi connectivity index (χ1v) is 8.50. The topological polar surface area (TPSA) is 113 Å². The van der Waals surface area contributed by atoms with Crippen LogP contribution in [-0.4, -0.2) is 40.9 Å². The third-order valence-electron chi connectivity index (χ3n) is 4.51. The van der Waals surface area contributed by atoms with E-state index < -0.39 is 36.9 Å². The lowest BCUT2D eigenvalue weighted by Gasteiger charge is -2.17. The minimum atomic E-state index is -1.19. The van der Waals surface area contributed by atoms with Crippen LogP contribution < -0.4 is 5.32 Å². The first-order chi connectivity index (χ1) is 13.0. The number of rotatable bonds is 7. The maximum atomic E-state index is 12.1. The number of ether oxygens (including phenoxy) is 1. The van der Waals surface area contributed by atoms with Crippen molar-refractivity contribution >= 4 is 18.0 Å². The predicted molar refractivity (Wildman–Crippen MR) is 96.5 cm³/mol. The number of carbonyl (C=O) groups excluding carboxylic acids is 1. The average Bonchev–Trinajstić information content (AvgIpc) is 2.93. The van der Waals surface area contributed by atoms with Crippen molar-refractivity contribution in [3.05, 3.63) is 59.7 Å². The van der Waals surface area contributed by atoms with Crippen molar-refractivity contribution in [1.82, 2.24) is 5.32 Å². The number of fused-ring (bicyclic) bond motifs is 3. The van der Waals surface area contributed by atoms with Crippen LogP contribution >= 0.6 is 0 Å². The lowest BCUT2D eigenvalue weighted by Crippen LogP contribution is -2.38. The van der Waals surface area contributed by atoms with Gasteiger partial charge in [-0.3, -0.25) is 9.59 Å². The van der Waals surface area contributed by atoms with Crippen molar-refractivity contribution < 1.29 is 29.3 Å². The number of carboxylic acid groups (broad SMARTS) is 2. The number of aliphatic carboxylic acids is 2. The fourth-order valence-corrected chi connectivity index (χ4v) is 3.40. The molecule has 0 aliphatic heterocycles.